The summed E-state index contributed by atoms with van der Waals surface area (Å²) in [6, 6.07) is 12.3. The minimum Gasteiger partial charge on any atom is -0.507 e. The number of aromatic hydroxyl groups is 1. The van der Waals surface area contributed by atoms with Gasteiger partial charge in [-0.25, -0.2) is 5.43 Å². The fourth-order valence-electron chi connectivity index (χ4n) is 1.89. The Morgan fingerprint density at radius 3 is 2.74 bits per heavy atom. The Hall–Kier alpha value is -2.34. The van der Waals surface area contributed by atoms with Gasteiger partial charge in [-0.3, -0.25) is 4.79 Å². The first kappa shape index (κ1) is 17.0. The Kier molecular flexibility index (Phi) is 6.17. The number of amides is 1. The number of carbonyl (C=O) groups is 1. The predicted molar refractivity (Wildman–Crippen MR) is 92.9 cm³/mol. The van der Waals surface area contributed by atoms with Crippen LogP contribution in [-0.2, 0) is 11.2 Å². The van der Waals surface area contributed by atoms with Crippen LogP contribution in [0.5, 0.6) is 11.5 Å². The number of halogens is 1. The highest BCUT2D eigenvalue weighted by molar-refractivity contribution is 9.10. The molecular weight excluding hydrogens is 360 g/mol. The molecular formula is C17H17BrN2O3. The van der Waals surface area contributed by atoms with Gasteiger partial charge in [0.2, 0.25) is 5.91 Å². The quantitative estimate of drug-likeness (QED) is 0.600. The van der Waals surface area contributed by atoms with Gasteiger partial charge in [0, 0.05) is 10.0 Å². The van der Waals surface area contributed by atoms with Crippen LogP contribution in [0.1, 0.15) is 18.1 Å². The zero-order valence-corrected chi connectivity index (χ0v) is 14.2. The highest BCUT2D eigenvalue weighted by Crippen LogP contribution is 2.21. The van der Waals surface area contributed by atoms with Crippen LogP contribution in [0.2, 0.25) is 0 Å². The lowest BCUT2D eigenvalue weighted by Gasteiger charge is -2.05. The molecule has 2 N–H and O–H groups in total. The molecule has 0 aliphatic heterocycles. The van der Waals surface area contributed by atoms with Crippen LogP contribution in [0, 0.1) is 0 Å². The lowest BCUT2D eigenvalue weighted by atomic mass is 10.1. The standard InChI is InChI=1S/C17H17BrN2O3/c1-2-23-15-7-8-16(21)13(10-15)11-19-20-17(22)9-12-3-5-14(18)6-4-12/h3-8,10-11,21H,2,9H2,1H3,(H,20,22)/b19-11-. The SMILES string of the molecule is CCOc1ccc(O)c(/C=N\NC(=O)Cc2ccc(Br)cc2)c1. The molecule has 0 unspecified atom stereocenters. The summed E-state index contributed by atoms with van der Waals surface area (Å²) >= 11 is 3.35. The predicted octanol–water partition coefficient (Wildman–Crippen LogP) is 3.25. The molecule has 0 bridgehead atoms. The van der Waals surface area contributed by atoms with Crippen molar-refractivity contribution in [1.29, 1.82) is 0 Å². The third-order valence-corrected chi connectivity index (χ3v) is 3.51. The van der Waals surface area contributed by atoms with Gasteiger partial charge in [0.1, 0.15) is 11.5 Å². The number of ether oxygens (including phenoxy) is 1. The Balaban J connectivity index is 1.94. The Bertz CT molecular complexity index is 699. The topological polar surface area (TPSA) is 70.9 Å². The van der Waals surface area contributed by atoms with Gasteiger partial charge in [0.25, 0.3) is 0 Å². The first-order chi connectivity index (χ1) is 11.1. The van der Waals surface area contributed by atoms with Crippen LogP contribution in [-0.4, -0.2) is 23.8 Å². The van der Waals surface area contributed by atoms with Crippen LogP contribution in [0.25, 0.3) is 0 Å². The summed E-state index contributed by atoms with van der Waals surface area (Å²) in [5.41, 5.74) is 3.80. The number of rotatable bonds is 6. The van der Waals surface area contributed by atoms with Crippen molar-refractivity contribution >= 4 is 28.1 Å². The van der Waals surface area contributed by atoms with E-state index in [9.17, 15) is 9.90 Å². The first-order valence-electron chi connectivity index (χ1n) is 7.10. The second-order valence-electron chi connectivity index (χ2n) is 4.75. The van der Waals surface area contributed by atoms with Crippen molar-refractivity contribution in [2.24, 2.45) is 5.10 Å². The molecule has 120 valence electrons. The summed E-state index contributed by atoms with van der Waals surface area (Å²) in [7, 11) is 0. The van der Waals surface area contributed by atoms with Gasteiger partial charge < -0.3 is 9.84 Å². The molecule has 0 aromatic heterocycles. The highest BCUT2D eigenvalue weighted by atomic mass is 79.9. The van der Waals surface area contributed by atoms with Crippen molar-refractivity contribution in [3.05, 3.63) is 58.1 Å². The number of carbonyl (C=O) groups excluding carboxylic acids is 1. The number of hydrogen-bond donors (Lipinski definition) is 2. The summed E-state index contributed by atoms with van der Waals surface area (Å²) in [6.07, 6.45) is 1.62. The molecule has 0 spiro atoms. The molecule has 0 heterocycles. The average molecular weight is 377 g/mol. The van der Waals surface area contributed by atoms with E-state index in [-0.39, 0.29) is 18.1 Å². The zero-order valence-electron chi connectivity index (χ0n) is 12.6. The average Bonchev–Trinajstić information content (AvgIpc) is 2.53. The molecule has 0 saturated heterocycles. The maximum absolute atomic E-state index is 11.8. The van der Waals surface area contributed by atoms with E-state index in [1.54, 1.807) is 12.1 Å². The van der Waals surface area contributed by atoms with Crippen molar-refractivity contribution in [3.8, 4) is 11.5 Å². The molecule has 23 heavy (non-hydrogen) atoms. The zero-order chi connectivity index (χ0) is 16.7. The molecule has 0 saturated carbocycles. The number of hydrogen-bond acceptors (Lipinski definition) is 4. The minimum absolute atomic E-state index is 0.0689. The molecule has 0 aliphatic rings. The maximum Gasteiger partial charge on any atom is 0.244 e. The van der Waals surface area contributed by atoms with E-state index in [1.807, 2.05) is 31.2 Å². The number of benzene rings is 2. The van der Waals surface area contributed by atoms with E-state index in [2.05, 4.69) is 26.5 Å². The molecule has 0 fully saturated rings. The third kappa shape index (κ3) is 5.41. The molecule has 0 atom stereocenters. The first-order valence-corrected chi connectivity index (χ1v) is 7.90. The van der Waals surface area contributed by atoms with Crippen LogP contribution < -0.4 is 10.2 Å². The Morgan fingerprint density at radius 2 is 2.04 bits per heavy atom. The number of phenols is 1. The second-order valence-corrected chi connectivity index (χ2v) is 5.67. The Morgan fingerprint density at radius 1 is 1.30 bits per heavy atom. The van der Waals surface area contributed by atoms with Gasteiger partial charge in [-0.2, -0.15) is 5.10 Å². The summed E-state index contributed by atoms with van der Waals surface area (Å²) < 4.78 is 6.32. The van der Waals surface area contributed by atoms with Gasteiger partial charge in [0.15, 0.2) is 0 Å². The molecule has 2 rings (SSSR count). The third-order valence-electron chi connectivity index (χ3n) is 2.98. The number of nitrogens with zero attached hydrogens (tertiary/aromatic N) is 1. The van der Waals surface area contributed by atoms with E-state index in [0.717, 1.165) is 10.0 Å². The van der Waals surface area contributed by atoms with Crippen molar-refractivity contribution in [2.45, 2.75) is 13.3 Å². The second kappa shape index (κ2) is 8.33. The Labute approximate surface area is 143 Å². The number of phenolic OH excluding ortho intramolecular Hbond substituents is 1. The van der Waals surface area contributed by atoms with Crippen LogP contribution in [0.15, 0.2) is 52.0 Å². The van der Waals surface area contributed by atoms with E-state index >= 15 is 0 Å². The molecule has 6 heteroatoms. The van der Waals surface area contributed by atoms with Crippen molar-refractivity contribution in [1.82, 2.24) is 5.43 Å². The van der Waals surface area contributed by atoms with Crippen LogP contribution >= 0.6 is 15.9 Å². The van der Waals surface area contributed by atoms with Gasteiger partial charge in [-0.05, 0) is 42.8 Å². The number of hydrazone groups is 1. The van der Waals surface area contributed by atoms with Crippen molar-refractivity contribution < 1.29 is 14.6 Å². The van der Waals surface area contributed by atoms with Crippen molar-refractivity contribution in [3.63, 3.8) is 0 Å². The fourth-order valence-corrected chi connectivity index (χ4v) is 2.16. The lowest BCUT2D eigenvalue weighted by Crippen LogP contribution is -2.19. The smallest absolute Gasteiger partial charge is 0.244 e. The number of nitrogens with one attached hydrogen (secondary N) is 1. The van der Waals surface area contributed by atoms with Crippen LogP contribution in [0.4, 0.5) is 0 Å². The summed E-state index contributed by atoms with van der Waals surface area (Å²) in [5.74, 6) is 0.469. The van der Waals surface area contributed by atoms with Gasteiger partial charge in [0.05, 0.1) is 19.2 Å². The molecule has 0 aliphatic carbocycles. The molecule has 5 nitrogen and oxygen atoms in total. The van der Waals surface area contributed by atoms with E-state index in [4.69, 9.17) is 4.74 Å². The molecule has 2 aromatic carbocycles. The van der Waals surface area contributed by atoms with E-state index in [0.29, 0.717) is 17.9 Å². The molecule has 2 aromatic rings. The molecule has 1 amide bonds. The molecule has 0 radical (unpaired) electrons. The van der Waals surface area contributed by atoms with Gasteiger partial charge in [-0.15, -0.1) is 0 Å². The van der Waals surface area contributed by atoms with Crippen molar-refractivity contribution in [2.75, 3.05) is 6.61 Å². The highest BCUT2D eigenvalue weighted by Gasteiger charge is 2.03. The monoisotopic (exact) mass is 376 g/mol. The summed E-state index contributed by atoms with van der Waals surface area (Å²) in [5, 5.41) is 13.6. The summed E-state index contributed by atoms with van der Waals surface area (Å²) in [6.45, 7) is 2.41. The largest absolute Gasteiger partial charge is 0.507 e. The van der Waals surface area contributed by atoms with E-state index in [1.165, 1.54) is 12.3 Å². The fraction of sp³-hybridized carbons (Fsp3) is 0.176. The minimum atomic E-state index is -0.232. The maximum atomic E-state index is 11.8. The normalized spacial score (nSPS) is 10.7. The van der Waals surface area contributed by atoms with E-state index < -0.39 is 0 Å². The van der Waals surface area contributed by atoms with Crippen LogP contribution in [0.3, 0.4) is 0 Å². The van der Waals surface area contributed by atoms with Gasteiger partial charge in [-0.1, -0.05) is 28.1 Å². The summed E-state index contributed by atoms with van der Waals surface area (Å²) in [4.78, 5) is 11.8. The van der Waals surface area contributed by atoms with Gasteiger partial charge >= 0.3 is 0 Å². The lowest BCUT2D eigenvalue weighted by molar-refractivity contribution is -0.120.